The highest BCUT2D eigenvalue weighted by atomic mass is 32.1. The molecule has 1 aliphatic rings. The predicted molar refractivity (Wildman–Crippen MR) is 97.3 cm³/mol. The van der Waals surface area contributed by atoms with E-state index in [1.807, 2.05) is 29.8 Å². The van der Waals surface area contributed by atoms with Crippen LogP contribution in [0.2, 0.25) is 0 Å². The third-order valence-corrected chi connectivity index (χ3v) is 4.74. The van der Waals surface area contributed by atoms with Gasteiger partial charge in [0, 0.05) is 23.3 Å². The van der Waals surface area contributed by atoms with Crippen molar-refractivity contribution in [1.29, 1.82) is 0 Å². The molecule has 0 spiro atoms. The van der Waals surface area contributed by atoms with Crippen LogP contribution in [0.15, 0.2) is 30.5 Å². The average Bonchev–Trinajstić information content (AvgIpc) is 3.16. The van der Waals surface area contributed by atoms with Gasteiger partial charge in [-0.3, -0.25) is 10.1 Å². The molecule has 4 rings (SSSR count). The monoisotopic (exact) mass is 412 g/mol. The molecule has 0 saturated heterocycles. The first-order valence-corrected chi connectivity index (χ1v) is 8.93. The molecule has 1 aliphatic carbocycles. The second-order valence-electron chi connectivity index (χ2n) is 5.96. The SMILES string of the molecule is Cc1n[n+]2c3c(cnc2s1)CC/C3=C\c1cccc([N+](=O)[O-])c1.F[B-](F)(F)F. The minimum Gasteiger partial charge on any atom is -0.418 e. The highest BCUT2D eigenvalue weighted by Gasteiger charge is 2.28. The van der Waals surface area contributed by atoms with E-state index in [1.165, 1.54) is 11.6 Å². The van der Waals surface area contributed by atoms with Crippen LogP contribution in [0.5, 0.6) is 0 Å². The molecule has 0 saturated carbocycles. The summed E-state index contributed by atoms with van der Waals surface area (Å²) in [6.07, 6.45) is 5.74. The number of nitrogens with zero attached hydrogens (tertiary/aromatic N) is 4. The fourth-order valence-corrected chi connectivity index (χ4v) is 3.63. The second-order valence-corrected chi connectivity index (χ2v) is 7.12. The van der Waals surface area contributed by atoms with Gasteiger partial charge in [-0.15, -0.1) is 0 Å². The molecule has 0 aliphatic heterocycles. The maximum Gasteiger partial charge on any atom is 0.673 e. The lowest BCUT2D eigenvalue weighted by atomic mass is 10.1. The highest BCUT2D eigenvalue weighted by Crippen LogP contribution is 2.32. The number of aryl methyl sites for hydroxylation is 2. The fourth-order valence-electron chi connectivity index (χ4n) is 2.92. The predicted octanol–water partition coefficient (Wildman–Crippen LogP) is 4.28. The number of hydrogen-bond donors (Lipinski definition) is 0. The number of rotatable bonds is 2. The molecule has 2 heterocycles. The van der Waals surface area contributed by atoms with Gasteiger partial charge in [0.2, 0.25) is 0 Å². The quantitative estimate of drug-likeness (QED) is 0.207. The van der Waals surface area contributed by atoms with E-state index in [2.05, 4.69) is 10.1 Å². The molecule has 0 unspecified atom stereocenters. The first-order chi connectivity index (χ1) is 13.1. The maximum absolute atomic E-state index is 10.9. The van der Waals surface area contributed by atoms with Crippen LogP contribution >= 0.6 is 11.3 Å². The van der Waals surface area contributed by atoms with Gasteiger partial charge in [-0.25, -0.2) is 0 Å². The smallest absolute Gasteiger partial charge is 0.418 e. The molecule has 0 fully saturated rings. The number of allylic oxidation sites excluding steroid dienone is 1. The van der Waals surface area contributed by atoms with Gasteiger partial charge in [-0.2, -0.15) is 0 Å². The van der Waals surface area contributed by atoms with Crippen molar-refractivity contribution in [2.45, 2.75) is 19.8 Å². The third kappa shape index (κ3) is 4.69. The fraction of sp³-hybridized carbons (Fsp3) is 0.188. The molecule has 28 heavy (non-hydrogen) atoms. The molecule has 12 heteroatoms. The zero-order valence-electron chi connectivity index (χ0n) is 14.5. The summed E-state index contributed by atoms with van der Waals surface area (Å²) in [7, 11) is -6.00. The van der Waals surface area contributed by atoms with E-state index in [9.17, 15) is 27.4 Å². The first-order valence-electron chi connectivity index (χ1n) is 8.12. The number of hydrogen-bond acceptors (Lipinski definition) is 5. The van der Waals surface area contributed by atoms with E-state index >= 15 is 0 Å². The lowest BCUT2D eigenvalue weighted by Crippen LogP contribution is -2.29. The van der Waals surface area contributed by atoms with Crippen molar-refractivity contribution >= 4 is 40.9 Å². The van der Waals surface area contributed by atoms with Gasteiger partial charge >= 0.3 is 12.2 Å². The third-order valence-electron chi connectivity index (χ3n) is 3.90. The van der Waals surface area contributed by atoms with Crippen LogP contribution in [0.3, 0.4) is 0 Å². The molecule has 0 bridgehead atoms. The number of halogens is 4. The van der Waals surface area contributed by atoms with E-state index in [0.717, 1.165) is 39.6 Å². The summed E-state index contributed by atoms with van der Waals surface area (Å²) in [5, 5.41) is 16.4. The Bertz CT molecular complexity index is 1080. The summed E-state index contributed by atoms with van der Waals surface area (Å²) in [5.41, 5.74) is 4.33. The lowest BCUT2D eigenvalue weighted by Gasteiger charge is -1.99. The van der Waals surface area contributed by atoms with Crippen LogP contribution < -0.4 is 4.52 Å². The Morgan fingerprint density at radius 2 is 2.00 bits per heavy atom. The van der Waals surface area contributed by atoms with Gasteiger partial charge in [0.1, 0.15) is 11.2 Å². The van der Waals surface area contributed by atoms with Gasteiger partial charge in [0.15, 0.2) is 5.69 Å². The number of nitro benzene ring substituents is 1. The molecule has 3 aromatic rings. The van der Waals surface area contributed by atoms with Gasteiger partial charge in [-0.1, -0.05) is 21.7 Å². The van der Waals surface area contributed by atoms with E-state index in [0.29, 0.717) is 0 Å². The molecule has 0 radical (unpaired) electrons. The minimum absolute atomic E-state index is 0.106. The van der Waals surface area contributed by atoms with Crippen LogP contribution in [0.1, 0.15) is 28.2 Å². The van der Waals surface area contributed by atoms with Gasteiger partial charge in [-0.05, 0) is 47.7 Å². The van der Waals surface area contributed by atoms with Gasteiger partial charge < -0.3 is 17.3 Å². The Hall–Kier alpha value is -2.89. The average molecular weight is 412 g/mol. The number of fused-ring (bicyclic) bond motifs is 3. The normalized spacial score (nSPS) is 14.7. The number of nitro groups is 1. The number of aromatic nitrogens is 3. The molecular formula is C16H13BF4N4O2S. The summed E-state index contributed by atoms with van der Waals surface area (Å²) in [6.45, 7) is 1.96. The topological polar surface area (TPSA) is 73.0 Å². The molecule has 2 aromatic heterocycles. The molecule has 0 atom stereocenters. The van der Waals surface area contributed by atoms with Crippen molar-refractivity contribution in [2.75, 3.05) is 0 Å². The summed E-state index contributed by atoms with van der Waals surface area (Å²) in [5.74, 6) is 0. The number of non-ortho nitro benzene ring substituents is 1. The van der Waals surface area contributed by atoms with Crippen molar-refractivity contribution < 1.29 is 26.7 Å². The molecule has 0 amide bonds. The lowest BCUT2D eigenvalue weighted by molar-refractivity contribution is -0.581. The highest BCUT2D eigenvalue weighted by molar-refractivity contribution is 7.16. The summed E-state index contributed by atoms with van der Waals surface area (Å²) < 4.78 is 40.9. The van der Waals surface area contributed by atoms with E-state index in [1.54, 1.807) is 23.5 Å². The van der Waals surface area contributed by atoms with Crippen LogP contribution in [0.4, 0.5) is 23.0 Å². The van der Waals surface area contributed by atoms with Crippen LogP contribution in [-0.4, -0.2) is 22.3 Å². The Labute approximate surface area is 160 Å². The van der Waals surface area contributed by atoms with Crippen LogP contribution in [0, 0.1) is 17.0 Å². The van der Waals surface area contributed by atoms with E-state index < -0.39 is 7.25 Å². The van der Waals surface area contributed by atoms with Crippen molar-refractivity contribution in [2.24, 2.45) is 0 Å². The summed E-state index contributed by atoms with van der Waals surface area (Å²) in [4.78, 5) is 15.9. The second kappa shape index (κ2) is 7.62. The summed E-state index contributed by atoms with van der Waals surface area (Å²) >= 11 is 1.56. The Kier molecular flexibility index (Phi) is 5.41. The Morgan fingerprint density at radius 1 is 1.29 bits per heavy atom. The zero-order chi connectivity index (χ0) is 20.5. The minimum atomic E-state index is -6.00. The van der Waals surface area contributed by atoms with E-state index in [4.69, 9.17) is 0 Å². The van der Waals surface area contributed by atoms with Crippen molar-refractivity contribution in [1.82, 2.24) is 10.1 Å². The zero-order valence-corrected chi connectivity index (χ0v) is 15.3. The van der Waals surface area contributed by atoms with Gasteiger partial charge in [0.25, 0.3) is 5.69 Å². The van der Waals surface area contributed by atoms with Crippen molar-refractivity contribution in [3.63, 3.8) is 0 Å². The molecule has 6 nitrogen and oxygen atoms in total. The van der Waals surface area contributed by atoms with Crippen molar-refractivity contribution in [3.8, 4) is 0 Å². The first kappa shape index (κ1) is 19.9. The maximum atomic E-state index is 10.9. The molecule has 1 aromatic carbocycles. The molecule has 146 valence electrons. The molecule has 0 N–H and O–H groups in total. The molecular weight excluding hydrogens is 399 g/mol. The standard InChI is InChI=1S/C16H13N4O2S.BF4/c1-10-18-19-15-12(5-6-13(15)9-17-16(19)23-10)7-11-3-2-4-14(8-11)20(21)22;2-1(3,4)5/h2-4,7-9H,5-6H2,1H3;/q+1;-1/b12-7+;. The Balaban J connectivity index is 0.000000403. The van der Waals surface area contributed by atoms with Crippen molar-refractivity contribution in [3.05, 3.63) is 62.4 Å². The summed E-state index contributed by atoms with van der Waals surface area (Å²) in [6, 6.07) is 6.70. The number of benzene rings is 1. The van der Waals surface area contributed by atoms with Gasteiger partial charge in [0.05, 0.1) is 4.92 Å². The van der Waals surface area contributed by atoms with Crippen LogP contribution in [0.25, 0.3) is 16.6 Å². The Morgan fingerprint density at radius 3 is 2.68 bits per heavy atom. The largest absolute Gasteiger partial charge is 0.673 e. The van der Waals surface area contributed by atoms with E-state index in [-0.39, 0.29) is 10.6 Å². The van der Waals surface area contributed by atoms with Crippen LogP contribution in [-0.2, 0) is 6.42 Å².